The fraction of sp³-hybridized carbons (Fsp3) is 0.941. The number of carbonyl (C=O) groups is 1. The molecule has 1 aliphatic carbocycles. The zero-order valence-electron chi connectivity index (χ0n) is 13.9. The molecule has 1 amide bonds. The van der Waals surface area contributed by atoms with Gasteiger partial charge in [-0.1, -0.05) is 19.8 Å². The van der Waals surface area contributed by atoms with Gasteiger partial charge in [0.25, 0.3) is 0 Å². The highest BCUT2D eigenvalue weighted by Crippen LogP contribution is 2.31. The molecule has 0 spiro atoms. The van der Waals surface area contributed by atoms with E-state index in [1.54, 1.807) is 0 Å². The number of rotatable bonds is 5. The molecule has 0 bridgehead atoms. The van der Waals surface area contributed by atoms with Crippen molar-refractivity contribution in [2.45, 2.75) is 64.3 Å². The molecule has 1 heterocycles. The summed E-state index contributed by atoms with van der Waals surface area (Å²) in [5, 5.41) is 3.19. The molecule has 1 aliphatic heterocycles. The Morgan fingerprint density at radius 2 is 2.00 bits per heavy atom. The van der Waals surface area contributed by atoms with Crippen molar-refractivity contribution in [1.29, 1.82) is 0 Å². The van der Waals surface area contributed by atoms with E-state index in [2.05, 4.69) is 17.1 Å². The fourth-order valence-corrected chi connectivity index (χ4v) is 3.89. The highest BCUT2D eigenvalue weighted by molar-refractivity contribution is 5.80. The van der Waals surface area contributed by atoms with Gasteiger partial charge >= 0.3 is 0 Å². The van der Waals surface area contributed by atoms with Gasteiger partial charge < -0.3 is 16.0 Å². The van der Waals surface area contributed by atoms with Crippen LogP contribution < -0.4 is 11.1 Å². The summed E-state index contributed by atoms with van der Waals surface area (Å²) in [5.74, 6) is 0.844. The van der Waals surface area contributed by atoms with Crippen LogP contribution in [0.25, 0.3) is 0 Å². The van der Waals surface area contributed by atoms with Crippen LogP contribution in [0.5, 0.6) is 0 Å². The van der Waals surface area contributed by atoms with Crippen LogP contribution in [0.3, 0.4) is 0 Å². The summed E-state index contributed by atoms with van der Waals surface area (Å²) in [6, 6.07) is 0. The minimum absolute atomic E-state index is 0.00595. The minimum Gasteiger partial charge on any atom is -0.356 e. The molecule has 1 saturated carbocycles. The first-order valence-corrected chi connectivity index (χ1v) is 8.82. The van der Waals surface area contributed by atoms with E-state index in [0.29, 0.717) is 5.92 Å². The van der Waals surface area contributed by atoms with Gasteiger partial charge in [-0.2, -0.15) is 0 Å². The van der Waals surface area contributed by atoms with E-state index in [4.69, 9.17) is 5.73 Å². The number of nitrogens with zero attached hydrogens (tertiary/aromatic N) is 1. The highest BCUT2D eigenvalue weighted by Gasteiger charge is 2.37. The molecule has 2 fully saturated rings. The van der Waals surface area contributed by atoms with Gasteiger partial charge in [0.2, 0.25) is 5.91 Å². The van der Waals surface area contributed by atoms with Crippen LogP contribution in [-0.2, 0) is 4.79 Å². The first kappa shape index (κ1) is 16.8. The van der Waals surface area contributed by atoms with Crippen molar-refractivity contribution in [1.82, 2.24) is 10.2 Å². The number of hydrogen-bond acceptors (Lipinski definition) is 3. The standard InChI is InChI=1S/C17H33N3O/c1-3-10-20-11-7-14(8-12-20)13-19-16(21)15-6-4-5-9-17(15,2)18/h14-15H,3-13,18H2,1-2H3,(H,19,21). The zero-order chi connectivity index (χ0) is 15.3. The van der Waals surface area contributed by atoms with Crippen LogP contribution in [0.1, 0.15) is 58.8 Å². The lowest BCUT2D eigenvalue weighted by molar-refractivity contribution is -0.128. The SMILES string of the molecule is CCCN1CCC(CNC(=O)C2CCCCC2(C)N)CC1. The number of likely N-dealkylation sites (tertiary alicyclic amines) is 1. The maximum atomic E-state index is 12.4. The number of nitrogens with one attached hydrogen (secondary N) is 1. The second-order valence-corrected chi connectivity index (χ2v) is 7.33. The molecule has 2 rings (SSSR count). The van der Waals surface area contributed by atoms with Crippen molar-refractivity contribution >= 4 is 5.91 Å². The van der Waals surface area contributed by atoms with Crippen LogP contribution in [0, 0.1) is 11.8 Å². The van der Waals surface area contributed by atoms with Crippen LogP contribution in [0.15, 0.2) is 0 Å². The number of nitrogens with two attached hydrogens (primary N) is 1. The topological polar surface area (TPSA) is 58.4 Å². The molecule has 3 N–H and O–H groups in total. The lowest BCUT2D eigenvalue weighted by Crippen LogP contribution is -2.53. The number of amides is 1. The molecule has 0 aromatic rings. The Balaban J connectivity index is 1.72. The van der Waals surface area contributed by atoms with E-state index in [0.717, 1.165) is 32.2 Å². The summed E-state index contributed by atoms with van der Waals surface area (Å²) in [7, 11) is 0. The lowest BCUT2D eigenvalue weighted by Gasteiger charge is -2.38. The smallest absolute Gasteiger partial charge is 0.224 e. The predicted molar refractivity (Wildman–Crippen MR) is 87.0 cm³/mol. The van der Waals surface area contributed by atoms with Crippen molar-refractivity contribution in [3.8, 4) is 0 Å². The summed E-state index contributed by atoms with van der Waals surface area (Å²) >= 11 is 0. The zero-order valence-corrected chi connectivity index (χ0v) is 13.9. The molecule has 0 radical (unpaired) electrons. The van der Waals surface area contributed by atoms with E-state index >= 15 is 0 Å². The van der Waals surface area contributed by atoms with Crippen LogP contribution in [0.2, 0.25) is 0 Å². The first-order valence-electron chi connectivity index (χ1n) is 8.82. The molecule has 2 atom stereocenters. The molecule has 0 aromatic heterocycles. The monoisotopic (exact) mass is 295 g/mol. The average Bonchev–Trinajstić information content (AvgIpc) is 2.46. The summed E-state index contributed by atoms with van der Waals surface area (Å²) in [6.45, 7) is 8.71. The minimum atomic E-state index is -0.313. The van der Waals surface area contributed by atoms with Gasteiger partial charge in [-0.25, -0.2) is 0 Å². The summed E-state index contributed by atoms with van der Waals surface area (Å²) in [4.78, 5) is 15.0. The van der Waals surface area contributed by atoms with Crippen LogP contribution in [-0.4, -0.2) is 42.5 Å². The van der Waals surface area contributed by atoms with Crippen molar-refractivity contribution in [3.63, 3.8) is 0 Å². The summed E-state index contributed by atoms with van der Waals surface area (Å²) in [6.07, 6.45) is 7.88. The maximum absolute atomic E-state index is 12.4. The molecular weight excluding hydrogens is 262 g/mol. The fourth-order valence-electron chi connectivity index (χ4n) is 3.89. The average molecular weight is 295 g/mol. The Morgan fingerprint density at radius 3 is 2.62 bits per heavy atom. The molecule has 2 aliphatic rings. The van der Waals surface area contributed by atoms with Crippen molar-refractivity contribution < 1.29 is 4.79 Å². The maximum Gasteiger partial charge on any atom is 0.224 e. The molecule has 21 heavy (non-hydrogen) atoms. The quantitative estimate of drug-likeness (QED) is 0.817. The summed E-state index contributed by atoms with van der Waals surface area (Å²) < 4.78 is 0. The highest BCUT2D eigenvalue weighted by atomic mass is 16.1. The third-order valence-corrected chi connectivity index (χ3v) is 5.38. The van der Waals surface area contributed by atoms with Crippen molar-refractivity contribution in [2.75, 3.05) is 26.2 Å². The van der Waals surface area contributed by atoms with Gasteiger partial charge in [0.05, 0.1) is 5.92 Å². The molecule has 122 valence electrons. The third-order valence-electron chi connectivity index (χ3n) is 5.38. The van der Waals surface area contributed by atoms with Gasteiger partial charge in [0.15, 0.2) is 0 Å². The normalized spacial score (nSPS) is 32.0. The van der Waals surface area contributed by atoms with Gasteiger partial charge in [0, 0.05) is 12.1 Å². The Labute approximate surface area is 129 Å². The Kier molecular flexibility index (Phi) is 6.06. The summed E-state index contributed by atoms with van der Waals surface area (Å²) in [5.41, 5.74) is 6.00. The Bertz CT molecular complexity index is 335. The van der Waals surface area contributed by atoms with Crippen LogP contribution >= 0.6 is 0 Å². The number of carbonyl (C=O) groups excluding carboxylic acids is 1. The molecule has 0 aromatic carbocycles. The molecule has 2 unspecified atom stereocenters. The van der Waals surface area contributed by atoms with E-state index in [-0.39, 0.29) is 17.4 Å². The largest absolute Gasteiger partial charge is 0.356 e. The van der Waals surface area contributed by atoms with E-state index in [1.807, 2.05) is 6.92 Å². The lowest BCUT2D eigenvalue weighted by atomic mass is 9.74. The second-order valence-electron chi connectivity index (χ2n) is 7.33. The molecule has 4 heteroatoms. The van der Waals surface area contributed by atoms with E-state index in [9.17, 15) is 4.79 Å². The van der Waals surface area contributed by atoms with E-state index < -0.39 is 0 Å². The van der Waals surface area contributed by atoms with E-state index in [1.165, 1.54) is 38.9 Å². The molecule has 4 nitrogen and oxygen atoms in total. The van der Waals surface area contributed by atoms with Gasteiger partial charge in [0.1, 0.15) is 0 Å². The Morgan fingerprint density at radius 1 is 1.29 bits per heavy atom. The Hall–Kier alpha value is -0.610. The van der Waals surface area contributed by atoms with Crippen molar-refractivity contribution in [3.05, 3.63) is 0 Å². The predicted octanol–water partition coefficient (Wildman–Crippen LogP) is 2.13. The third kappa shape index (κ3) is 4.68. The molecule has 1 saturated heterocycles. The number of piperidine rings is 1. The van der Waals surface area contributed by atoms with Gasteiger partial charge in [-0.15, -0.1) is 0 Å². The van der Waals surface area contributed by atoms with Gasteiger partial charge in [-0.3, -0.25) is 4.79 Å². The number of hydrogen-bond donors (Lipinski definition) is 2. The molecular formula is C17H33N3O. The van der Waals surface area contributed by atoms with Crippen LogP contribution in [0.4, 0.5) is 0 Å². The van der Waals surface area contributed by atoms with Gasteiger partial charge in [-0.05, 0) is 64.6 Å². The second kappa shape index (κ2) is 7.59. The van der Waals surface area contributed by atoms with Crippen molar-refractivity contribution in [2.24, 2.45) is 17.6 Å². The first-order chi connectivity index (χ1) is 10.0.